The maximum Gasteiger partial charge on any atom is 0.106 e. The summed E-state index contributed by atoms with van der Waals surface area (Å²) in [6.45, 7) is 2.35. The standard InChI is InChI=1S/C8H23N3Si/c1-9(2)8(12-7,10(3)4)11(5)6/h12H2,1-7H3. The maximum atomic E-state index is 2.35. The van der Waals surface area contributed by atoms with Crippen molar-refractivity contribution in [3.05, 3.63) is 0 Å². The molecule has 0 rings (SSSR count). The molecule has 0 atom stereocenters. The summed E-state index contributed by atoms with van der Waals surface area (Å²) < 4.78 is 0. The first-order chi connectivity index (χ1) is 5.39. The lowest BCUT2D eigenvalue weighted by atomic mass is 10.5. The molecule has 0 aromatic heterocycles. The van der Waals surface area contributed by atoms with Crippen LogP contribution in [-0.4, -0.2) is 71.9 Å². The molecule has 74 valence electrons. The van der Waals surface area contributed by atoms with E-state index in [0.29, 0.717) is 0 Å². The van der Waals surface area contributed by atoms with Gasteiger partial charge in [-0.3, -0.25) is 14.7 Å². The summed E-state index contributed by atoms with van der Waals surface area (Å²) >= 11 is 0. The van der Waals surface area contributed by atoms with E-state index in [1.165, 1.54) is 0 Å². The SMILES string of the molecule is C[SiH2]C(N(C)C)(N(C)C)N(C)C. The third kappa shape index (κ3) is 1.88. The quantitative estimate of drug-likeness (QED) is 0.436. The first kappa shape index (κ1) is 12.1. The topological polar surface area (TPSA) is 9.72 Å². The van der Waals surface area contributed by atoms with Gasteiger partial charge in [0.25, 0.3) is 0 Å². The summed E-state index contributed by atoms with van der Waals surface area (Å²) in [5.41, 5.74) is 0.181. The second-order valence-corrected chi connectivity index (χ2v) is 5.47. The molecule has 0 saturated carbocycles. The minimum absolute atomic E-state index is 0.144. The molecule has 0 heterocycles. The Balaban J connectivity index is 4.77. The van der Waals surface area contributed by atoms with Crippen LogP contribution in [-0.2, 0) is 0 Å². The maximum absolute atomic E-state index is 2.35. The van der Waals surface area contributed by atoms with Crippen molar-refractivity contribution in [2.75, 3.05) is 42.3 Å². The fraction of sp³-hybridized carbons (Fsp3) is 1.00. The van der Waals surface area contributed by atoms with Crippen molar-refractivity contribution in [1.82, 2.24) is 14.7 Å². The molecule has 0 spiro atoms. The summed E-state index contributed by atoms with van der Waals surface area (Å²) in [7, 11) is 12.8. The Kier molecular flexibility index (Phi) is 4.40. The molecule has 0 radical (unpaired) electrons. The Labute approximate surface area is 79.1 Å². The van der Waals surface area contributed by atoms with Crippen LogP contribution in [0.15, 0.2) is 0 Å². The van der Waals surface area contributed by atoms with Gasteiger partial charge in [-0.1, -0.05) is 6.55 Å². The van der Waals surface area contributed by atoms with Gasteiger partial charge >= 0.3 is 0 Å². The minimum Gasteiger partial charge on any atom is -0.283 e. The highest BCUT2D eigenvalue weighted by atomic mass is 28.2. The summed E-state index contributed by atoms with van der Waals surface area (Å²) in [4.78, 5) is 6.91. The molecule has 0 aromatic rings. The number of nitrogens with zero attached hydrogens (tertiary/aromatic N) is 3. The Morgan fingerprint density at radius 3 is 1.00 bits per heavy atom. The van der Waals surface area contributed by atoms with Crippen molar-refractivity contribution in [2.24, 2.45) is 0 Å². The van der Waals surface area contributed by atoms with Gasteiger partial charge in [0.1, 0.15) is 5.41 Å². The average molecular weight is 189 g/mol. The second-order valence-electron chi connectivity index (χ2n) is 3.81. The zero-order valence-corrected chi connectivity index (χ0v) is 11.0. The van der Waals surface area contributed by atoms with Crippen LogP contribution in [0.4, 0.5) is 0 Å². The Hall–Kier alpha value is 0.0969. The van der Waals surface area contributed by atoms with Gasteiger partial charge in [0.2, 0.25) is 0 Å². The van der Waals surface area contributed by atoms with Crippen LogP contribution in [0.1, 0.15) is 0 Å². The van der Waals surface area contributed by atoms with E-state index < -0.39 is 0 Å². The Morgan fingerprint density at radius 1 is 0.750 bits per heavy atom. The first-order valence-electron chi connectivity index (χ1n) is 4.41. The number of hydrogen-bond acceptors (Lipinski definition) is 3. The van der Waals surface area contributed by atoms with E-state index in [4.69, 9.17) is 0 Å². The van der Waals surface area contributed by atoms with Crippen molar-refractivity contribution >= 4 is 9.52 Å². The molecule has 0 saturated heterocycles. The number of rotatable bonds is 4. The molecule has 12 heavy (non-hydrogen) atoms. The average Bonchev–Trinajstić information content (AvgIpc) is 1.86. The minimum atomic E-state index is -0.144. The van der Waals surface area contributed by atoms with E-state index in [1.807, 2.05) is 0 Å². The first-order valence-corrected chi connectivity index (χ1v) is 6.54. The van der Waals surface area contributed by atoms with Crippen molar-refractivity contribution in [2.45, 2.75) is 12.0 Å². The van der Waals surface area contributed by atoms with E-state index in [9.17, 15) is 0 Å². The highest BCUT2D eigenvalue weighted by Gasteiger charge is 2.35. The van der Waals surface area contributed by atoms with Crippen molar-refractivity contribution < 1.29 is 0 Å². The summed E-state index contributed by atoms with van der Waals surface area (Å²) in [5.74, 6) is 0. The zero-order valence-electron chi connectivity index (χ0n) is 9.55. The lowest BCUT2D eigenvalue weighted by Gasteiger charge is -2.49. The van der Waals surface area contributed by atoms with Crippen molar-refractivity contribution in [3.63, 3.8) is 0 Å². The lowest BCUT2D eigenvalue weighted by Crippen LogP contribution is -2.67. The van der Waals surface area contributed by atoms with E-state index in [2.05, 4.69) is 63.5 Å². The molecule has 0 unspecified atom stereocenters. The Morgan fingerprint density at radius 2 is 1.00 bits per heavy atom. The molecule has 3 nitrogen and oxygen atoms in total. The predicted octanol–water partition coefficient (Wildman–Crippen LogP) is -0.501. The highest BCUT2D eigenvalue weighted by molar-refractivity contribution is 6.37. The third-order valence-corrected chi connectivity index (χ3v) is 5.47. The van der Waals surface area contributed by atoms with Crippen molar-refractivity contribution in [3.8, 4) is 0 Å². The van der Waals surface area contributed by atoms with Gasteiger partial charge in [0.05, 0.1) is 9.52 Å². The van der Waals surface area contributed by atoms with Gasteiger partial charge in [-0.25, -0.2) is 0 Å². The summed E-state index contributed by atoms with van der Waals surface area (Å²) in [6.07, 6.45) is 0. The van der Waals surface area contributed by atoms with Gasteiger partial charge < -0.3 is 0 Å². The van der Waals surface area contributed by atoms with Crippen LogP contribution in [0, 0.1) is 0 Å². The molecule has 0 aromatic carbocycles. The second kappa shape index (κ2) is 4.37. The molecule has 4 heteroatoms. The normalized spacial score (nSPS) is 14.5. The largest absolute Gasteiger partial charge is 0.283 e. The van der Waals surface area contributed by atoms with Gasteiger partial charge in [0, 0.05) is 0 Å². The van der Waals surface area contributed by atoms with E-state index >= 15 is 0 Å². The van der Waals surface area contributed by atoms with Gasteiger partial charge in [0.15, 0.2) is 0 Å². The monoisotopic (exact) mass is 189 g/mol. The molecule has 0 amide bonds. The number of hydrogen-bond donors (Lipinski definition) is 0. The molecule has 0 fully saturated rings. The molecular formula is C8H23N3Si. The van der Waals surface area contributed by atoms with E-state index in [-0.39, 0.29) is 14.9 Å². The lowest BCUT2D eigenvalue weighted by molar-refractivity contribution is -0.0369. The van der Waals surface area contributed by atoms with Gasteiger partial charge in [-0.05, 0) is 42.3 Å². The molecule has 0 aliphatic rings. The zero-order chi connectivity index (χ0) is 9.94. The van der Waals surface area contributed by atoms with Crippen LogP contribution in [0.5, 0.6) is 0 Å². The van der Waals surface area contributed by atoms with E-state index in [1.54, 1.807) is 0 Å². The summed E-state index contributed by atoms with van der Waals surface area (Å²) in [5, 5.41) is 0. The third-order valence-electron chi connectivity index (χ3n) is 2.62. The van der Waals surface area contributed by atoms with Gasteiger partial charge in [-0.2, -0.15) is 0 Å². The van der Waals surface area contributed by atoms with Crippen LogP contribution in [0.3, 0.4) is 0 Å². The van der Waals surface area contributed by atoms with Crippen LogP contribution >= 0.6 is 0 Å². The fourth-order valence-corrected chi connectivity index (χ4v) is 4.05. The van der Waals surface area contributed by atoms with Crippen LogP contribution in [0.2, 0.25) is 6.55 Å². The molecule has 0 aliphatic carbocycles. The summed E-state index contributed by atoms with van der Waals surface area (Å²) in [6, 6.07) is 0. The highest BCUT2D eigenvalue weighted by Crippen LogP contribution is 2.15. The van der Waals surface area contributed by atoms with Crippen molar-refractivity contribution in [1.29, 1.82) is 0 Å². The molecular weight excluding hydrogens is 166 g/mol. The Bertz CT molecular complexity index is 112. The smallest absolute Gasteiger partial charge is 0.106 e. The predicted molar refractivity (Wildman–Crippen MR) is 58.2 cm³/mol. The fourth-order valence-electron chi connectivity index (χ4n) is 2.15. The van der Waals surface area contributed by atoms with Crippen LogP contribution < -0.4 is 0 Å². The van der Waals surface area contributed by atoms with Crippen LogP contribution in [0.25, 0.3) is 0 Å². The van der Waals surface area contributed by atoms with E-state index in [0.717, 1.165) is 0 Å². The molecule has 0 aliphatic heterocycles. The van der Waals surface area contributed by atoms with Gasteiger partial charge in [-0.15, -0.1) is 0 Å². The molecule has 0 bridgehead atoms. The molecule has 0 N–H and O–H groups in total.